The Labute approximate surface area is 71.0 Å². The van der Waals surface area contributed by atoms with E-state index < -0.39 is 0 Å². The first-order chi connectivity index (χ1) is 5.24. The van der Waals surface area contributed by atoms with Crippen molar-refractivity contribution < 1.29 is 4.79 Å². The van der Waals surface area contributed by atoms with Crippen molar-refractivity contribution in [3.63, 3.8) is 0 Å². The van der Waals surface area contributed by atoms with Crippen molar-refractivity contribution >= 4 is 23.3 Å². The number of hydrogen-bond donors (Lipinski definition) is 1. The van der Waals surface area contributed by atoms with Crippen LogP contribution in [0.2, 0.25) is 0 Å². The summed E-state index contributed by atoms with van der Waals surface area (Å²) >= 11 is 1.36. The minimum Gasteiger partial charge on any atom is -0.398 e. The number of nitrogen functional groups attached to an aromatic ring is 1. The molecular weight excluding hydrogens is 158 g/mol. The molecule has 3 heteroatoms. The Bertz CT molecular complexity index is 208. The lowest BCUT2D eigenvalue weighted by Gasteiger charge is -1.71. The maximum absolute atomic E-state index is 9.97. The van der Waals surface area contributed by atoms with Gasteiger partial charge in [-0.05, 0) is 6.07 Å². The van der Waals surface area contributed by atoms with E-state index in [0.717, 1.165) is 6.29 Å². The molecule has 0 fully saturated rings. The fraction of sp³-hybridized carbons (Fsp3) is 0.375. The minimum atomic E-state index is 0.664. The van der Waals surface area contributed by atoms with Crippen molar-refractivity contribution in [1.82, 2.24) is 0 Å². The number of anilines is 1. The second kappa shape index (κ2) is 5.92. The third-order valence-corrected chi connectivity index (χ3v) is 1.63. The second-order valence-electron chi connectivity index (χ2n) is 2.11. The van der Waals surface area contributed by atoms with E-state index in [1.54, 1.807) is 11.4 Å². The van der Waals surface area contributed by atoms with E-state index in [0.29, 0.717) is 10.6 Å². The highest BCUT2D eigenvalue weighted by atomic mass is 32.1. The molecule has 1 heterocycles. The Kier molecular flexibility index (Phi) is 5.47. The van der Waals surface area contributed by atoms with Crippen LogP contribution in [0.25, 0.3) is 0 Å². The number of carbonyl (C=O) groups excluding carboxylic acids is 1. The normalized spacial score (nSPS) is 8.18. The molecule has 0 aliphatic carbocycles. The van der Waals surface area contributed by atoms with Gasteiger partial charge in [0.2, 0.25) is 0 Å². The van der Waals surface area contributed by atoms with Crippen molar-refractivity contribution in [2.75, 3.05) is 5.73 Å². The number of aldehydes is 1. The fourth-order valence-electron chi connectivity index (χ4n) is 0.430. The summed E-state index contributed by atoms with van der Waals surface area (Å²) in [7, 11) is 0. The lowest BCUT2D eigenvalue weighted by atomic mass is 10.5. The molecule has 0 unspecified atom stereocenters. The van der Waals surface area contributed by atoms with E-state index in [1.807, 2.05) is 0 Å². The molecule has 0 atom stereocenters. The largest absolute Gasteiger partial charge is 0.398 e. The average Bonchev–Trinajstić information content (AvgIpc) is 2.37. The van der Waals surface area contributed by atoms with E-state index in [2.05, 4.69) is 13.8 Å². The van der Waals surface area contributed by atoms with E-state index in [4.69, 9.17) is 5.73 Å². The highest BCUT2D eigenvalue weighted by molar-refractivity contribution is 7.12. The van der Waals surface area contributed by atoms with Gasteiger partial charge in [0.05, 0.1) is 4.88 Å². The molecule has 1 aromatic heterocycles. The van der Waals surface area contributed by atoms with Crippen LogP contribution in [0.15, 0.2) is 11.4 Å². The number of carbonyl (C=O) groups is 1. The minimum absolute atomic E-state index is 0.664. The third kappa shape index (κ3) is 4.56. The summed E-state index contributed by atoms with van der Waals surface area (Å²) in [5, 5.41) is 1.74. The molecule has 0 amide bonds. The Morgan fingerprint density at radius 3 is 2.36 bits per heavy atom. The van der Waals surface area contributed by atoms with Gasteiger partial charge in [0, 0.05) is 11.1 Å². The SMILES string of the molecule is CCC.Nc1csc(C=O)c1. The second-order valence-corrected chi connectivity index (χ2v) is 3.05. The van der Waals surface area contributed by atoms with Crippen LogP contribution < -0.4 is 5.73 Å². The first-order valence-corrected chi connectivity index (χ1v) is 4.41. The van der Waals surface area contributed by atoms with Crippen molar-refractivity contribution in [2.24, 2.45) is 0 Å². The van der Waals surface area contributed by atoms with Gasteiger partial charge in [-0.15, -0.1) is 11.3 Å². The summed E-state index contributed by atoms with van der Waals surface area (Å²) in [6.07, 6.45) is 2.04. The van der Waals surface area contributed by atoms with E-state index in [1.165, 1.54) is 17.8 Å². The highest BCUT2D eigenvalue weighted by Crippen LogP contribution is 2.12. The standard InChI is InChI=1S/C5H5NOS.C3H8/c6-4-1-5(2-7)8-3-4;1-3-2/h1-3H,6H2;3H2,1-2H3. The monoisotopic (exact) mass is 171 g/mol. The molecule has 1 rings (SSSR count). The van der Waals surface area contributed by atoms with Gasteiger partial charge < -0.3 is 5.73 Å². The smallest absolute Gasteiger partial charge is 0.160 e. The molecule has 2 nitrogen and oxygen atoms in total. The van der Waals surface area contributed by atoms with Crippen molar-refractivity contribution in [3.8, 4) is 0 Å². The molecular formula is C8H13NOS. The van der Waals surface area contributed by atoms with Crippen LogP contribution in [0.5, 0.6) is 0 Å². The zero-order chi connectivity index (χ0) is 8.69. The Balaban J connectivity index is 0.000000292. The van der Waals surface area contributed by atoms with Gasteiger partial charge in [-0.1, -0.05) is 20.3 Å². The topological polar surface area (TPSA) is 43.1 Å². The molecule has 0 aliphatic rings. The summed E-state index contributed by atoms with van der Waals surface area (Å²) in [5.74, 6) is 0. The average molecular weight is 171 g/mol. The molecule has 0 saturated carbocycles. The van der Waals surface area contributed by atoms with Crippen molar-refractivity contribution in [3.05, 3.63) is 16.3 Å². The third-order valence-electron chi connectivity index (χ3n) is 0.756. The number of hydrogen-bond acceptors (Lipinski definition) is 3. The summed E-state index contributed by atoms with van der Waals surface area (Å²) in [6, 6.07) is 1.65. The lowest BCUT2D eigenvalue weighted by Crippen LogP contribution is -1.76. The van der Waals surface area contributed by atoms with Crippen LogP contribution in [0.3, 0.4) is 0 Å². The zero-order valence-electron chi connectivity index (χ0n) is 6.83. The Morgan fingerprint density at radius 1 is 1.64 bits per heavy atom. The summed E-state index contributed by atoms with van der Waals surface area (Å²) in [6.45, 7) is 4.25. The molecule has 0 bridgehead atoms. The molecule has 0 saturated heterocycles. The van der Waals surface area contributed by atoms with Crippen molar-refractivity contribution in [2.45, 2.75) is 20.3 Å². The predicted molar refractivity (Wildman–Crippen MR) is 50.1 cm³/mol. The van der Waals surface area contributed by atoms with E-state index in [-0.39, 0.29) is 0 Å². The Morgan fingerprint density at radius 2 is 2.18 bits per heavy atom. The molecule has 2 N–H and O–H groups in total. The van der Waals surface area contributed by atoms with Gasteiger partial charge in [-0.3, -0.25) is 4.79 Å². The van der Waals surface area contributed by atoms with Crippen LogP contribution >= 0.6 is 11.3 Å². The maximum atomic E-state index is 9.97. The van der Waals surface area contributed by atoms with Gasteiger partial charge >= 0.3 is 0 Å². The Hall–Kier alpha value is -0.830. The molecule has 0 aliphatic heterocycles. The van der Waals surface area contributed by atoms with Crippen LogP contribution in [-0.2, 0) is 0 Å². The van der Waals surface area contributed by atoms with Crippen LogP contribution in [0, 0.1) is 0 Å². The number of thiophene rings is 1. The van der Waals surface area contributed by atoms with Gasteiger partial charge in [-0.25, -0.2) is 0 Å². The van der Waals surface area contributed by atoms with Crippen LogP contribution in [0.4, 0.5) is 5.69 Å². The van der Waals surface area contributed by atoms with E-state index in [9.17, 15) is 4.79 Å². The van der Waals surface area contributed by atoms with Crippen LogP contribution in [-0.4, -0.2) is 6.29 Å². The van der Waals surface area contributed by atoms with E-state index >= 15 is 0 Å². The summed E-state index contributed by atoms with van der Waals surface area (Å²) in [4.78, 5) is 10.7. The fourth-order valence-corrected chi connectivity index (χ4v) is 1.03. The molecule has 0 radical (unpaired) electrons. The van der Waals surface area contributed by atoms with Gasteiger partial charge in [0.25, 0.3) is 0 Å². The predicted octanol–water partition coefficient (Wildman–Crippen LogP) is 2.56. The summed E-state index contributed by atoms with van der Waals surface area (Å²) in [5.41, 5.74) is 5.97. The maximum Gasteiger partial charge on any atom is 0.160 e. The molecule has 0 spiro atoms. The molecule has 0 aromatic carbocycles. The molecule has 62 valence electrons. The number of rotatable bonds is 1. The zero-order valence-corrected chi connectivity index (χ0v) is 7.65. The summed E-state index contributed by atoms with van der Waals surface area (Å²) < 4.78 is 0. The first-order valence-electron chi connectivity index (χ1n) is 3.53. The molecule has 1 aromatic rings. The van der Waals surface area contributed by atoms with Crippen LogP contribution in [0.1, 0.15) is 29.9 Å². The van der Waals surface area contributed by atoms with Crippen molar-refractivity contribution in [1.29, 1.82) is 0 Å². The quantitative estimate of drug-likeness (QED) is 0.660. The first kappa shape index (κ1) is 10.2. The van der Waals surface area contributed by atoms with Gasteiger partial charge in [-0.2, -0.15) is 0 Å². The molecule has 11 heavy (non-hydrogen) atoms. The highest BCUT2D eigenvalue weighted by Gasteiger charge is 1.90. The van der Waals surface area contributed by atoms with Gasteiger partial charge in [0.1, 0.15) is 0 Å². The van der Waals surface area contributed by atoms with Gasteiger partial charge in [0.15, 0.2) is 6.29 Å². The number of nitrogens with two attached hydrogens (primary N) is 1. The lowest BCUT2D eigenvalue weighted by molar-refractivity contribution is 0.112.